The van der Waals surface area contributed by atoms with Crippen molar-refractivity contribution in [2.45, 2.75) is 19.8 Å². The number of unbranched alkanes of at least 4 members (excludes halogenated alkanes) is 1. The predicted octanol–water partition coefficient (Wildman–Crippen LogP) is 2.17. The second-order valence-corrected chi connectivity index (χ2v) is 6.75. The minimum atomic E-state index is -0.592. The maximum atomic E-state index is 13.0. The molecule has 4 rings (SSSR count). The normalized spacial score (nSPS) is 11.0. The first-order chi connectivity index (χ1) is 15.0. The van der Waals surface area contributed by atoms with Crippen LogP contribution in [0.3, 0.4) is 0 Å². The van der Waals surface area contributed by atoms with Gasteiger partial charge in [-0.25, -0.2) is 14.1 Å². The molecule has 0 aliphatic carbocycles. The first-order valence-electron chi connectivity index (χ1n) is 9.66. The van der Waals surface area contributed by atoms with Crippen LogP contribution in [0, 0.1) is 0 Å². The van der Waals surface area contributed by atoms with Gasteiger partial charge >= 0.3 is 11.9 Å². The number of benzene rings is 1. The number of carbonyl (C=O) groups excluding carboxylic acids is 2. The molecule has 1 aromatic carbocycles. The first kappa shape index (κ1) is 20.2. The second kappa shape index (κ2) is 8.34. The Kier molecular flexibility index (Phi) is 5.44. The Labute approximate surface area is 176 Å². The number of nitrogens with zero attached hydrogens (tertiary/aromatic N) is 5. The Morgan fingerprint density at radius 3 is 2.55 bits per heavy atom. The lowest BCUT2D eigenvalue weighted by atomic mass is 10.2. The number of hydrogen-bond acceptors (Lipinski definition) is 8. The smallest absolute Gasteiger partial charge is 0.343 e. The van der Waals surface area contributed by atoms with Crippen LogP contribution in [0.5, 0.6) is 0 Å². The van der Waals surface area contributed by atoms with E-state index < -0.39 is 17.5 Å². The molecule has 0 aliphatic rings. The molecule has 0 saturated carbocycles. The molecule has 0 saturated heterocycles. The summed E-state index contributed by atoms with van der Waals surface area (Å²) in [4.78, 5) is 36.9. The van der Waals surface area contributed by atoms with E-state index in [1.165, 1.54) is 22.4 Å². The van der Waals surface area contributed by atoms with Gasteiger partial charge in [-0.2, -0.15) is 5.10 Å². The molecule has 0 fully saturated rings. The fourth-order valence-corrected chi connectivity index (χ4v) is 3.10. The fourth-order valence-electron chi connectivity index (χ4n) is 3.10. The van der Waals surface area contributed by atoms with E-state index in [4.69, 9.17) is 9.47 Å². The van der Waals surface area contributed by atoms with Crippen LogP contribution in [0.1, 0.15) is 40.5 Å². The second-order valence-electron chi connectivity index (χ2n) is 6.75. The van der Waals surface area contributed by atoms with Crippen molar-refractivity contribution in [3.63, 3.8) is 0 Å². The molecule has 158 valence electrons. The zero-order valence-electron chi connectivity index (χ0n) is 16.9. The number of ether oxygens (including phenoxy) is 2. The molecule has 0 unspecified atom stereocenters. The summed E-state index contributed by atoms with van der Waals surface area (Å²) in [7, 11) is 1.26. The number of aromatic nitrogens is 5. The zero-order chi connectivity index (χ0) is 22.0. The Balaban J connectivity index is 1.70. The molecule has 31 heavy (non-hydrogen) atoms. The van der Waals surface area contributed by atoms with Crippen LogP contribution in [0.2, 0.25) is 0 Å². The van der Waals surface area contributed by atoms with Gasteiger partial charge in [0, 0.05) is 11.9 Å². The van der Waals surface area contributed by atoms with Crippen molar-refractivity contribution in [1.82, 2.24) is 24.4 Å². The van der Waals surface area contributed by atoms with Gasteiger partial charge in [0.05, 0.1) is 25.5 Å². The average molecular weight is 421 g/mol. The van der Waals surface area contributed by atoms with Gasteiger partial charge in [-0.05, 0) is 36.8 Å². The maximum absolute atomic E-state index is 13.0. The maximum Gasteiger partial charge on any atom is 0.343 e. The number of hydrogen-bond donors (Lipinski definition) is 0. The molecule has 3 heterocycles. The highest BCUT2D eigenvalue weighted by Crippen LogP contribution is 2.15. The summed E-state index contributed by atoms with van der Waals surface area (Å²) in [6.45, 7) is 2.39. The Bertz CT molecular complexity index is 1340. The van der Waals surface area contributed by atoms with Crippen LogP contribution in [0.15, 0.2) is 47.5 Å². The van der Waals surface area contributed by atoms with Crippen molar-refractivity contribution < 1.29 is 19.1 Å². The van der Waals surface area contributed by atoms with Crippen molar-refractivity contribution in [2.75, 3.05) is 13.7 Å². The lowest BCUT2D eigenvalue weighted by Gasteiger charge is -2.09. The summed E-state index contributed by atoms with van der Waals surface area (Å²) in [5, 5.41) is 12.1. The Hall–Kier alpha value is -4.08. The number of esters is 2. The number of pyridine rings is 1. The number of carbonyl (C=O) groups is 2. The van der Waals surface area contributed by atoms with Crippen molar-refractivity contribution in [1.29, 1.82) is 0 Å². The minimum Gasteiger partial charge on any atom is -0.465 e. The van der Waals surface area contributed by atoms with Crippen LogP contribution in [0.4, 0.5) is 0 Å². The van der Waals surface area contributed by atoms with Gasteiger partial charge in [-0.1, -0.05) is 13.3 Å². The SMILES string of the molecule is CCCCOC(=O)c1ccc(-n2ccc3c(nnc4c(C(=O)OC)cnn43)c2=O)cc1. The quantitative estimate of drug-likeness (QED) is 0.343. The van der Waals surface area contributed by atoms with Gasteiger partial charge in [-0.3, -0.25) is 9.36 Å². The summed E-state index contributed by atoms with van der Waals surface area (Å²) in [5.41, 5.74) is 1.37. The molecule has 0 radical (unpaired) electrons. The van der Waals surface area contributed by atoms with E-state index in [1.54, 1.807) is 36.5 Å². The van der Waals surface area contributed by atoms with E-state index in [-0.39, 0.29) is 16.7 Å². The molecule has 0 atom stereocenters. The van der Waals surface area contributed by atoms with Gasteiger partial charge < -0.3 is 9.47 Å². The van der Waals surface area contributed by atoms with E-state index >= 15 is 0 Å². The molecule has 0 amide bonds. The van der Waals surface area contributed by atoms with Gasteiger partial charge in [0.2, 0.25) is 0 Å². The van der Waals surface area contributed by atoms with Crippen LogP contribution in [-0.2, 0) is 9.47 Å². The van der Waals surface area contributed by atoms with Gasteiger partial charge in [0.25, 0.3) is 5.56 Å². The van der Waals surface area contributed by atoms with E-state index in [9.17, 15) is 14.4 Å². The number of methoxy groups -OCH3 is 1. The Morgan fingerprint density at radius 1 is 1.06 bits per heavy atom. The average Bonchev–Trinajstić information content (AvgIpc) is 3.24. The molecule has 3 aromatic heterocycles. The molecule has 4 aromatic rings. The number of rotatable bonds is 6. The molecule has 10 nitrogen and oxygen atoms in total. The fraction of sp³-hybridized carbons (Fsp3) is 0.238. The van der Waals surface area contributed by atoms with Crippen molar-refractivity contribution in [2.24, 2.45) is 0 Å². The third-order valence-electron chi connectivity index (χ3n) is 4.78. The van der Waals surface area contributed by atoms with E-state index in [0.717, 1.165) is 12.8 Å². The molecule has 10 heteroatoms. The highest BCUT2D eigenvalue weighted by atomic mass is 16.5. The van der Waals surface area contributed by atoms with Crippen LogP contribution in [-0.4, -0.2) is 50.0 Å². The van der Waals surface area contributed by atoms with E-state index in [2.05, 4.69) is 15.3 Å². The zero-order valence-corrected chi connectivity index (χ0v) is 16.9. The lowest BCUT2D eigenvalue weighted by Crippen LogP contribution is -2.20. The third kappa shape index (κ3) is 3.63. The topological polar surface area (TPSA) is 118 Å². The summed E-state index contributed by atoms with van der Waals surface area (Å²) >= 11 is 0. The molecule has 0 aliphatic heterocycles. The lowest BCUT2D eigenvalue weighted by molar-refractivity contribution is 0.0499. The highest BCUT2D eigenvalue weighted by molar-refractivity contribution is 5.96. The summed E-state index contributed by atoms with van der Waals surface area (Å²) in [5.74, 6) is -0.996. The van der Waals surface area contributed by atoms with Gasteiger partial charge in [-0.15, -0.1) is 10.2 Å². The molecule has 0 bridgehead atoms. The van der Waals surface area contributed by atoms with Crippen molar-refractivity contribution in [3.05, 3.63) is 64.2 Å². The van der Waals surface area contributed by atoms with E-state index in [1.807, 2.05) is 6.92 Å². The largest absolute Gasteiger partial charge is 0.465 e. The minimum absolute atomic E-state index is 0.0811. The third-order valence-corrected chi connectivity index (χ3v) is 4.78. The van der Waals surface area contributed by atoms with Crippen molar-refractivity contribution >= 4 is 28.6 Å². The first-order valence-corrected chi connectivity index (χ1v) is 9.66. The van der Waals surface area contributed by atoms with Crippen molar-refractivity contribution in [3.8, 4) is 5.69 Å². The van der Waals surface area contributed by atoms with Gasteiger partial charge in [0.15, 0.2) is 11.2 Å². The summed E-state index contributed by atoms with van der Waals surface area (Å²) in [6, 6.07) is 8.16. The highest BCUT2D eigenvalue weighted by Gasteiger charge is 2.18. The number of fused-ring (bicyclic) bond motifs is 3. The molecular weight excluding hydrogens is 402 g/mol. The standard InChI is InChI=1S/C21H19N5O5/c1-3-4-11-31-20(28)13-5-7-14(8-6-13)25-10-9-16-17(19(25)27)23-24-18-15(21(29)30-2)12-22-26(16)18/h5-10,12H,3-4,11H2,1-2H3. The van der Waals surface area contributed by atoms with Gasteiger partial charge in [0.1, 0.15) is 11.1 Å². The monoisotopic (exact) mass is 421 g/mol. The Morgan fingerprint density at radius 2 is 1.84 bits per heavy atom. The van der Waals surface area contributed by atoms with Crippen LogP contribution < -0.4 is 5.56 Å². The summed E-state index contributed by atoms with van der Waals surface area (Å²) in [6.07, 6.45) is 4.63. The van der Waals surface area contributed by atoms with E-state index in [0.29, 0.717) is 23.4 Å². The van der Waals surface area contributed by atoms with Crippen LogP contribution >= 0.6 is 0 Å². The molecule has 0 spiro atoms. The molecular formula is C21H19N5O5. The predicted molar refractivity (Wildman–Crippen MR) is 110 cm³/mol. The summed E-state index contributed by atoms with van der Waals surface area (Å²) < 4.78 is 12.7. The van der Waals surface area contributed by atoms with Crippen LogP contribution in [0.25, 0.3) is 22.4 Å². The molecule has 0 N–H and O–H groups in total.